The van der Waals surface area contributed by atoms with Gasteiger partial charge in [0, 0.05) is 59.8 Å². The lowest BCUT2D eigenvalue weighted by Crippen LogP contribution is -2.11. The molecule has 0 radical (unpaired) electrons. The normalized spacial score (nSPS) is 17.5. The predicted octanol–water partition coefficient (Wildman–Crippen LogP) is 10.3. The van der Waals surface area contributed by atoms with Crippen molar-refractivity contribution in [2.24, 2.45) is 9.98 Å². The maximum atomic E-state index is 5.30. The molecule has 0 atom stereocenters. The fourth-order valence-electron chi connectivity index (χ4n) is 8.52. The first kappa shape index (κ1) is 37.3. The van der Waals surface area contributed by atoms with E-state index in [1.165, 1.54) is 67.1 Å². The summed E-state index contributed by atoms with van der Waals surface area (Å²) < 4.78 is 4.35. The van der Waals surface area contributed by atoms with E-state index in [0.29, 0.717) is 38.8 Å². The monoisotopic (exact) mass is 764 g/mol. The third-order valence-corrected chi connectivity index (χ3v) is 12.8. The SMILES string of the molecule is CC1=C(C)/C2=C\c3[nH]c(c(C)c3C)Cc3cc(n(Cc4ccccc4)n3)CC3=N/C(=C/c4[nH]c(c(C)c4C)Cc4cc(n(Cc5ccccc5)n4)CC1=N2)C(C)=C3C. The molecule has 292 valence electrons. The van der Waals surface area contributed by atoms with Crippen LogP contribution in [0.1, 0.15) is 107 Å². The molecule has 3 aliphatic rings. The number of allylic oxidation sites excluding steroid dienone is 4. The molecule has 0 saturated carbocycles. The van der Waals surface area contributed by atoms with Gasteiger partial charge in [0.05, 0.1) is 47.3 Å². The van der Waals surface area contributed by atoms with Crippen LogP contribution in [0.15, 0.2) is 116 Å². The zero-order valence-electron chi connectivity index (χ0n) is 35.0. The van der Waals surface area contributed by atoms with Gasteiger partial charge in [0.25, 0.3) is 0 Å². The van der Waals surface area contributed by atoms with Gasteiger partial charge in [-0.2, -0.15) is 10.2 Å². The van der Waals surface area contributed by atoms with Gasteiger partial charge >= 0.3 is 0 Å². The molecule has 0 unspecified atom stereocenters. The second kappa shape index (κ2) is 14.9. The van der Waals surface area contributed by atoms with E-state index in [0.717, 1.165) is 57.0 Å². The molecule has 2 N–H and O–H groups in total. The number of rotatable bonds is 4. The Balaban J connectivity index is 1.17. The predicted molar refractivity (Wildman–Crippen MR) is 237 cm³/mol. The average Bonchev–Trinajstić information content (AvgIpc) is 4.02. The first-order valence-electron chi connectivity index (χ1n) is 20.5. The van der Waals surface area contributed by atoms with Gasteiger partial charge in [0.2, 0.25) is 0 Å². The van der Waals surface area contributed by atoms with Gasteiger partial charge in [0.1, 0.15) is 0 Å². The number of H-pyrrole nitrogens is 2. The Morgan fingerprint density at radius 2 is 0.879 bits per heavy atom. The molecule has 0 fully saturated rings. The van der Waals surface area contributed by atoms with Crippen molar-refractivity contribution < 1.29 is 0 Å². The third-order valence-electron chi connectivity index (χ3n) is 12.8. The summed E-state index contributed by atoms with van der Waals surface area (Å²) in [6.07, 6.45) is 7.29. The molecular formula is C50H52N8. The van der Waals surface area contributed by atoms with Crippen molar-refractivity contribution in [3.63, 3.8) is 0 Å². The Hall–Kier alpha value is -6.28. The minimum absolute atomic E-state index is 0.702. The quantitative estimate of drug-likeness (QED) is 0.187. The van der Waals surface area contributed by atoms with Crippen LogP contribution in [-0.4, -0.2) is 41.0 Å². The second-order valence-electron chi connectivity index (χ2n) is 16.5. The number of nitrogens with one attached hydrogen (secondary N) is 2. The van der Waals surface area contributed by atoms with E-state index in [9.17, 15) is 0 Å². The van der Waals surface area contributed by atoms with Crippen LogP contribution < -0.4 is 0 Å². The van der Waals surface area contributed by atoms with Gasteiger partial charge in [-0.05, 0) is 135 Å². The maximum Gasteiger partial charge on any atom is 0.0686 e. The summed E-state index contributed by atoms with van der Waals surface area (Å²) in [5.74, 6) is 0. The van der Waals surface area contributed by atoms with Gasteiger partial charge < -0.3 is 9.97 Å². The highest BCUT2D eigenvalue weighted by atomic mass is 15.3. The first-order chi connectivity index (χ1) is 28.0. The lowest BCUT2D eigenvalue weighted by Gasteiger charge is -2.08. The van der Waals surface area contributed by atoms with E-state index in [1.54, 1.807) is 0 Å². The van der Waals surface area contributed by atoms with Crippen molar-refractivity contribution in [1.29, 1.82) is 0 Å². The van der Waals surface area contributed by atoms with E-state index in [-0.39, 0.29) is 0 Å². The van der Waals surface area contributed by atoms with Gasteiger partial charge in [-0.1, -0.05) is 60.7 Å². The highest BCUT2D eigenvalue weighted by Crippen LogP contribution is 2.33. The number of nitrogens with zero attached hydrogens (tertiary/aromatic N) is 6. The molecule has 0 aliphatic carbocycles. The van der Waals surface area contributed by atoms with Crippen LogP contribution >= 0.6 is 0 Å². The molecular weight excluding hydrogens is 713 g/mol. The average molecular weight is 765 g/mol. The van der Waals surface area contributed by atoms with E-state index in [1.807, 2.05) is 0 Å². The first-order valence-corrected chi connectivity index (χ1v) is 20.5. The maximum absolute atomic E-state index is 5.30. The van der Waals surface area contributed by atoms with E-state index in [4.69, 9.17) is 20.2 Å². The summed E-state index contributed by atoms with van der Waals surface area (Å²) in [6, 6.07) is 25.8. The zero-order chi connectivity index (χ0) is 40.2. The summed E-state index contributed by atoms with van der Waals surface area (Å²) in [6.45, 7) is 19.1. The molecule has 0 amide bonds. The fraction of sp³-hybridized carbons (Fsp3) is 0.280. The molecule has 8 nitrogen and oxygen atoms in total. The highest BCUT2D eigenvalue weighted by molar-refractivity contribution is 6.06. The summed E-state index contributed by atoms with van der Waals surface area (Å²) in [4.78, 5) is 18.2. The summed E-state index contributed by atoms with van der Waals surface area (Å²) in [5, 5.41) is 10.5. The largest absolute Gasteiger partial charge is 0.358 e. The summed E-state index contributed by atoms with van der Waals surface area (Å²) in [7, 11) is 0. The Kier molecular flexibility index (Phi) is 9.59. The van der Waals surface area contributed by atoms with Crippen LogP contribution in [0, 0.1) is 27.7 Å². The Morgan fingerprint density at radius 3 is 1.28 bits per heavy atom. The zero-order valence-corrected chi connectivity index (χ0v) is 35.0. The number of hydrogen-bond donors (Lipinski definition) is 2. The van der Waals surface area contributed by atoms with Crippen molar-refractivity contribution in [2.75, 3.05) is 0 Å². The molecule has 0 spiro atoms. The molecule has 9 rings (SSSR count). The number of benzene rings is 2. The summed E-state index contributed by atoms with van der Waals surface area (Å²) in [5.41, 5.74) is 25.5. The van der Waals surface area contributed by atoms with Gasteiger partial charge in [0.15, 0.2) is 0 Å². The topological polar surface area (TPSA) is 91.9 Å². The number of aliphatic imine (C=N–C) groups is 2. The number of fused-ring (bicyclic) bond motifs is 10. The van der Waals surface area contributed by atoms with Gasteiger partial charge in [-0.15, -0.1) is 0 Å². The van der Waals surface area contributed by atoms with Crippen LogP contribution in [-0.2, 0) is 38.8 Å². The van der Waals surface area contributed by atoms with Crippen molar-refractivity contribution in [2.45, 2.75) is 94.2 Å². The minimum Gasteiger partial charge on any atom is -0.358 e. The van der Waals surface area contributed by atoms with Crippen LogP contribution in [0.3, 0.4) is 0 Å². The van der Waals surface area contributed by atoms with E-state index >= 15 is 0 Å². The molecule has 8 heteroatoms. The molecule has 4 aromatic heterocycles. The van der Waals surface area contributed by atoms with Gasteiger partial charge in [-0.25, -0.2) is 0 Å². The van der Waals surface area contributed by atoms with Crippen molar-refractivity contribution in [3.8, 4) is 0 Å². The number of hydrogen-bond acceptors (Lipinski definition) is 4. The number of aromatic nitrogens is 6. The number of aromatic amines is 2. The Labute approximate surface area is 341 Å². The molecule has 3 aliphatic heterocycles. The van der Waals surface area contributed by atoms with Crippen molar-refractivity contribution >= 4 is 23.6 Å². The second-order valence-corrected chi connectivity index (χ2v) is 16.5. The summed E-state index contributed by atoms with van der Waals surface area (Å²) >= 11 is 0. The van der Waals surface area contributed by atoms with Crippen molar-refractivity contribution in [3.05, 3.63) is 185 Å². The van der Waals surface area contributed by atoms with E-state index in [2.05, 4.69) is 160 Å². The third kappa shape index (κ3) is 7.01. The Morgan fingerprint density at radius 1 is 0.483 bits per heavy atom. The van der Waals surface area contributed by atoms with Crippen molar-refractivity contribution in [1.82, 2.24) is 29.5 Å². The molecule has 0 saturated heterocycles. The van der Waals surface area contributed by atoms with Crippen LogP contribution in [0.25, 0.3) is 12.2 Å². The Bertz CT molecular complexity index is 2590. The minimum atomic E-state index is 0.702. The van der Waals surface area contributed by atoms with Crippen LogP contribution in [0.2, 0.25) is 0 Å². The smallest absolute Gasteiger partial charge is 0.0686 e. The lowest BCUT2D eigenvalue weighted by molar-refractivity contribution is 0.649. The standard InChI is InChI=1S/C50H52N8/c1-29-33(5)47-25-49-35(7)31(3)45(53-49)24-42-20-40(56-58(42)28-38-17-13-10-14-18-38)22-44-30(2)34(6)48(52-44)26-50-36(8)32(4)46(54-50)23-41-19-39(21-43(29)51-47)55-57(41)27-37-15-11-9-12-16-37/h9-20,25-26,51-52H,21-24,27-28H2,1-8H3/b49-25+,50-26+. The van der Waals surface area contributed by atoms with Crippen LogP contribution in [0.4, 0.5) is 0 Å². The molecule has 58 heavy (non-hydrogen) atoms. The van der Waals surface area contributed by atoms with Gasteiger partial charge in [-0.3, -0.25) is 19.3 Å². The van der Waals surface area contributed by atoms with Crippen LogP contribution in [0.5, 0.6) is 0 Å². The molecule has 7 heterocycles. The molecule has 12 bridgehead atoms. The molecule has 6 aromatic rings. The fourth-order valence-corrected chi connectivity index (χ4v) is 8.52. The van der Waals surface area contributed by atoms with E-state index < -0.39 is 0 Å². The highest BCUT2D eigenvalue weighted by Gasteiger charge is 2.24. The molecule has 2 aromatic carbocycles. The lowest BCUT2D eigenvalue weighted by atomic mass is 10.0.